The second kappa shape index (κ2) is 12.9. The summed E-state index contributed by atoms with van der Waals surface area (Å²) in [5.41, 5.74) is 12.2. The topological polar surface area (TPSA) is 93.2 Å². The molecular weight excluding hydrogens is 372 g/mol. The van der Waals surface area contributed by atoms with Gasteiger partial charge in [-0.3, -0.25) is 4.79 Å². The molecule has 0 amide bonds. The van der Waals surface area contributed by atoms with Crippen molar-refractivity contribution in [3.8, 4) is 0 Å². The third kappa shape index (κ3) is 6.83. The highest BCUT2D eigenvalue weighted by molar-refractivity contribution is 6.64. The quantitative estimate of drug-likeness (QED) is 0.287. The lowest BCUT2D eigenvalue weighted by Crippen LogP contribution is -2.39. The van der Waals surface area contributed by atoms with Gasteiger partial charge in [0.2, 0.25) is 5.24 Å². The molecule has 0 aliphatic heterocycles. The third-order valence-corrected chi connectivity index (χ3v) is 5.25. The van der Waals surface area contributed by atoms with Crippen molar-refractivity contribution in [2.45, 2.75) is 37.6 Å². The molecule has 0 aromatic heterocycles. The lowest BCUT2D eigenvalue weighted by molar-refractivity contribution is -0.113. The lowest BCUT2D eigenvalue weighted by atomic mass is 9.86. The van der Waals surface area contributed by atoms with Crippen LogP contribution in [0.5, 0.6) is 0 Å². The van der Waals surface area contributed by atoms with Crippen molar-refractivity contribution >= 4 is 27.6 Å². The molecule has 0 radical (unpaired) electrons. The Morgan fingerprint density at radius 3 is 2.36 bits per heavy atom. The van der Waals surface area contributed by atoms with E-state index in [0.29, 0.717) is 13.1 Å². The predicted molar refractivity (Wildman–Crippen MR) is 119 cm³/mol. The summed E-state index contributed by atoms with van der Waals surface area (Å²) in [5, 5.41) is 8.81. The number of nitrogens with two attached hydrogens (primary N) is 2. The Bertz CT molecular complexity index is 719. The Balaban J connectivity index is 2.18. The molecule has 6 heteroatoms. The van der Waals surface area contributed by atoms with Gasteiger partial charge in [-0.2, -0.15) is 0 Å². The van der Waals surface area contributed by atoms with Gasteiger partial charge in [0.05, 0.1) is 5.92 Å². The van der Waals surface area contributed by atoms with Crippen LogP contribution in [0.3, 0.4) is 0 Å². The van der Waals surface area contributed by atoms with Crippen molar-refractivity contribution in [2.24, 2.45) is 11.5 Å². The fourth-order valence-electron chi connectivity index (χ4n) is 3.59. The number of hydrogen-bond donors (Lipinski definition) is 4. The summed E-state index contributed by atoms with van der Waals surface area (Å²) >= 11 is 6.13. The molecule has 2 aromatic carbocycles. The molecule has 0 heterocycles. The molecule has 2 atom stereocenters. The highest BCUT2D eigenvalue weighted by atomic mass is 35.5. The van der Waals surface area contributed by atoms with Gasteiger partial charge in [-0.05, 0) is 86.3 Å². The van der Waals surface area contributed by atoms with Gasteiger partial charge in [-0.1, -0.05) is 42.5 Å². The van der Waals surface area contributed by atoms with Crippen LogP contribution in [0.15, 0.2) is 42.5 Å². The Hall–Kier alpha value is -1.50. The molecule has 2 rings (SSSR count). The van der Waals surface area contributed by atoms with Crippen LogP contribution in [0, 0.1) is 0 Å². The molecule has 2 unspecified atom stereocenters. The van der Waals surface area contributed by atoms with Crippen molar-refractivity contribution in [1.29, 1.82) is 0 Å². The summed E-state index contributed by atoms with van der Waals surface area (Å²) in [6, 6.07) is 14.2. The minimum absolute atomic E-state index is 0.0290. The summed E-state index contributed by atoms with van der Waals surface area (Å²) in [4.78, 5) is 12.5. The number of carbonyl (C=O) groups is 1. The SMILES string of the molecule is NCCCNCCCC(NCCCN)C(C(=O)Cl)c1cccc2ccccc12. The second-order valence-corrected chi connectivity index (χ2v) is 7.46. The Kier molecular flexibility index (Phi) is 10.5. The minimum atomic E-state index is -0.394. The van der Waals surface area contributed by atoms with E-state index in [1.54, 1.807) is 0 Å². The van der Waals surface area contributed by atoms with Crippen molar-refractivity contribution in [3.05, 3.63) is 48.0 Å². The van der Waals surface area contributed by atoms with Gasteiger partial charge in [-0.15, -0.1) is 0 Å². The van der Waals surface area contributed by atoms with Crippen molar-refractivity contribution in [3.63, 3.8) is 0 Å². The zero-order chi connectivity index (χ0) is 20.2. The van der Waals surface area contributed by atoms with Crippen LogP contribution >= 0.6 is 11.6 Å². The van der Waals surface area contributed by atoms with E-state index in [0.717, 1.165) is 61.7 Å². The molecule has 0 aliphatic carbocycles. The molecule has 0 aliphatic rings. The molecule has 5 nitrogen and oxygen atoms in total. The van der Waals surface area contributed by atoms with Crippen LogP contribution in [0.25, 0.3) is 10.8 Å². The van der Waals surface area contributed by atoms with Gasteiger partial charge in [-0.25, -0.2) is 0 Å². The maximum absolute atomic E-state index is 12.5. The van der Waals surface area contributed by atoms with E-state index in [4.69, 9.17) is 23.1 Å². The van der Waals surface area contributed by atoms with Gasteiger partial charge in [0.1, 0.15) is 0 Å². The number of halogens is 1. The van der Waals surface area contributed by atoms with Crippen molar-refractivity contribution < 1.29 is 4.79 Å². The normalized spacial score (nSPS) is 13.5. The van der Waals surface area contributed by atoms with Gasteiger partial charge in [0.15, 0.2) is 0 Å². The molecule has 0 saturated carbocycles. The van der Waals surface area contributed by atoms with Crippen LogP contribution < -0.4 is 22.1 Å². The number of benzene rings is 2. The monoisotopic (exact) mass is 404 g/mol. The zero-order valence-corrected chi connectivity index (χ0v) is 17.3. The van der Waals surface area contributed by atoms with E-state index in [9.17, 15) is 4.79 Å². The fraction of sp³-hybridized carbons (Fsp3) is 0.500. The predicted octanol–water partition coefficient (Wildman–Crippen LogP) is 2.71. The van der Waals surface area contributed by atoms with Gasteiger partial charge in [0.25, 0.3) is 0 Å². The number of hydrogen-bond acceptors (Lipinski definition) is 5. The molecule has 0 spiro atoms. The Labute approximate surface area is 173 Å². The first-order valence-corrected chi connectivity index (χ1v) is 10.6. The van der Waals surface area contributed by atoms with Crippen LogP contribution in [0.4, 0.5) is 0 Å². The average Bonchev–Trinajstić information content (AvgIpc) is 2.70. The maximum atomic E-state index is 12.5. The van der Waals surface area contributed by atoms with Gasteiger partial charge in [0, 0.05) is 6.04 Å². The van der Waals surface area contributed by atoms with Gasteiger partial charge < -0.3 is 22.1 Å². The number of nitrogens with one attached hydrogen (secondary N) is 2. The van der Waals surface area contributed by atoms with E-state index in [-0.39, 0.29) is 11.3 Å². The first-order chi connectivity index (χ1) is 13.7. The molecule has 6 N–H and O–H groups in total. The number of carbonyl (C=O) groups excluding carboxylic acids is 1. The molecule has 0 fully saturated rings. The van der Waals surface area contributed by atoms with Crippen molar-refractivity contribution in [2.75, 3.05) is 32.7 Å². The zero-order valence-electron chi connectivity index (χ0n) is 16.5. The van der Waals surface area contributed by atoms with Crippen LogP contribution in [-0.2, 0) is 4.79 Å². The summed E-state index contributed by atoms with van der Waals surface area (Å²) in [5.74, 6) is -0.394. The van der Waals surface area contributed by atoms with E-state index in [1.165, 1.54) is 0 Å². The van der Waals surface area contributed by atoms with Crippen molar-refractivity contribution in [1.82, 2.24) is 10.6 Å². The molecule has 0 saturated heterocycles. The Morgan fingerprint density at radius 2 is 1.61 bits per heavy atom. The third-order valence-electron chi connectivity index (χ3n) is 5.02. The smallest absolute Gasteiger partial charge is 0.230 e. The first kappa shape index (κ1) is 22.8. The fourth-order valence-corrected chi connectivity index (χ4v) is 3.86. The summed E-state index contributed by atoms with van der Waals surface area (Å²) < 4.78 is 0. The second-order valence-electron chi connectivity index (χ2n) is 7.09. The maximum Gasteiger partial charge on any atom is 0.230 e. The average molecular weight is 405 g/mol. The highest BCUT2D eigenvalue weighted by Crippen LogP contribution is 2.31. The van der Waals surface area contributed by atoms with E-state index in [1.807, 2.05) is 24.3 Å². The Morgan fingerprint density at radius 1 is 0.929 bits per heavy atom. The molecule has 28 heavy (non-hydrogen) atoms. The van der Waals surface area contributed by atoms with E-state index >= 15 is 0 Å². The molecular formula is C22H33ClN4O. The number of rotatable bonds is 14. The molecule has 154 valence electrons. The van der Waals surface area contributed by atoms with Crippen LogP contribution in [0.1, 0.15) is 37.2 Å². The van der Waals surface area contributed by atoms with Crippen LogP contribution in [-0.4, -0.2) is 44.0 Å². The summed E-state index contributed by atoms with van der Waals surface area (Å²) in [7, 11) is 0. The minimum Gasteiger partial charge on any atom is -0.330 e. The summed E-state index contributed by atoms with van der Waals surface area (Å²) in [6.07, 6.45) is 3.64. The summed E-state index contributed by atoms with van der Waals surface area (Å²) in [6.45, 7) is 3.90. The largest absolute Gasteiger partial charge is 0.330 e. The molecule has 0 bridgehead atoms. The first-order valence-electron chi connectivity index (χ1n) is 10.2. The standard InChI is InChI=1S/C22H33ClN4O/c23-22(28)21(19-10-3-8-17-7-1-2-9-18(17)19)20(27-16-6-13-25)11-4-14-26-15-5-12-24/h1-3,7-10,20-21,26-27H,4-6,11-16,24-25H2. The highest BCUT2D eigenvalue weighted by Gasteiger charge is 2.29. The van der Waals surface area contributed by atoms with E-state index in [2.05, 4.69) is 28.8 Å². The molecule has 2 aromatic rings. The van der Waals surface area contributed by atoms with Crippen LogP contribution in [0.2, 0.25) is 0 Å². The number of fused-ring (bicyclic) bond motifs is 1. The lowest BCUT2D eigenvalue weighted by Gasteiger charge is -2.27. The van der Waals surface area contributed by atoms with Gasteiger partial charge >= 0.3 is 0 Å². The van der Waals surface area contributed by atoms with E-state index < -0.39 is 5.92 Å².